The number of benzene rings is 2. The lowest BCUT2D eigenvalue weighted by Crippen LogP contribution is -2.42. The Balaban J connectivity index is 1.45. The number of H-pyrrole nitrogens is 1. The summed E-state index contributed by atoms with van der Waals surface area (Å²) in [5.74, 6) is 1.03. The number of fused-ring (bicyclic) bond motifs is 1. The third-order valence-corrected chi connectivity index (χ3v) is 11.8. The number of imidazole rings is 1. The molecule has 0 radical (unpaired) electrons. The van der Waals surface area contributed by atoms with Gasteiger partial charge in [0.2, 0.25) is 20.0 Å². The maximum absolute atomic E-state index is 13.9. The summed E-state index contributed by atoms with van der Waals surface area (Å²) in [5, 5.41) is 0. The number of piperidine rings is 2. The fourth-order valence-corrected chi connectivity index (χ4v) is 9.12. The summed E-state index contributed by atoms with van der Waals surface area (Å²) in [5.41, 5.74) is 1.86. The van der Waals surface area contributed by atoms with Crippen molar-refractivity contribution in [2.75, 3.05) is 32.8 Å². The van der Waals surface area contributed by atoms with E-state index in [2.05, 4.69) is 4.98 Å². The Bertz CT molecular complexity index is 1530. The van der Waals surface area contributed by atoms with Crippen molar-refractivity contribution in [1.82, 2.24) is 18.6 Å². The molecule has 2 aliphatic rings. The SMILES string of the molecule is CCOc1cc(S(=O)(=O)N2CCCC[C@H]2C)c(OCC)cc1S(=O)(=O)N1CCC(c2nc3ccccc3[nH]2)CC1. The first-order chi connectivity index (χ1) is 19.2. The summed E-state index contributed by atoms with van der Waals surface area (Å²) < 4.78 is 69.9. The van der Waals surface area contributed by atoms with E-state index in [1.165, 1.54) is 20.7 Å². The van der Waals surface area contributed by atoms with Gasteiger partial charge < -0.3 is 14.5 Å². The van der Waals surface area contributed by atoms with Crippen molar-refractivity contribution in [1.29, 1.82) is 0 Å². The third-order valence-electron chi connectivity index (χ3n) is 7.80. The molecular weight excluding hydrogens is 552 g/mol. The van der Waals surface area contributed by atoms with Gasteiger partial charge in [0.25, 0.3) is 0 Å². The first-order valence-corrected chi connectivity index (χ1v) is 16.9. The van der Waals surface area contributed by atoms with Crippen LogP contribution in [-0.2, 0) is 20.0 Å². The molecule has 5 rings (SSSR count). The second-order valence-corrected chi connectivity index (χ2v) is 14.2. The Morgan fingerprint density at radius 1 is 0.875 bits per heavy atom. The number of rotatable bonds is 9. The first kappa shape index (κ1) is 28.8. The third kappa shape index (κ3) is 5.46. The fraction of sp³-hybridized carbons (Fsp3) is 0.536. The lowest BCUT2D eigenvalue weighted by molar-refractivity contribution is 0.265. The molecule has 1 aromatic heterocycles. The molecule has 2 aliphatic heterocycles. The maximum atomic E-state index is 13.9. The van der Waals surface area contributed by atoms with Crippen molar-refractivity contribution in [2.24, 2.45) is 0 Å². The minimum atomic E-state index is -3.99. The van der Waals surface area contributed by atoms with Crippen molar-refractivity contribution >= 4 is 31.1 Å². The number of sulfonamides is 2. The summed E-state index contributed by atoms with van der Waals surface area (Å²) in [4.78, 5) is 7.94. The van der Waals surface area contributed by atoms with Crippen molar-refractivity contribution in [2.45, 2.75) is 74.6 Å². The average molecular weight is 591 g/mol. The van der Waals surface area contributed by atoms with Crippen molar-refractivity contribution in [3.05, 3.63) is 42.2 Å². The van der Waals surface area contributed by atoms with E-state index >= 15 is 0 Å². The quantitative estimate of drug-likeness (QED) is 0.390. The molecule has 12 heteroatoms. The van der Waals surface area contributed by atoms with Gasteiger partial charge in [-0.2, -0.15) is 8.61 Å². The highest BCUT2D eigenvalue weighted by molar-refractivity contribution is 7.89. The predicted octanol–water partition coefficient (Wildman–Crippen LogP) is 4.49. The van der Waals surface area contributed by atoms with E-state index in [-0.39, 0.29) is 46.5 Å². The van der Waals surface area contributed by atoms with Crippen LogP contribution in [0.3, 0.4) is 0 Å². The number of aromatic amines is 1. The fourth-order valence-electron chi connectivity index (χ4n) is 5.69. The van der Waals surface area contributed by atoms with Crippen LogP contribution < -0.4 is 9.47 Å². The second-order valence-electron chi connectivity index (χ2n) is 10.4. The largest absolute Gasteiger partial charge is 0.492 e. The van der Waals surface area contributed by atoms with Crippen LogP contribution in [-0.4, -0.2) is 74.3 Å². The Kier molecular flexibility index (Phi) is 8.42. The molecule has 1 N–H and O–H groups in total. The zero-order chi connectivity index (χ0) is 28.5. The van der Waals surface area contributed by atoms with E-state index in [0.29, 0.717) is 32.5 Å². The lowest BCUT2D eigenvalue weighted by atomic mass is 9.97. The molecule has 0 aliphatic carbocycles. The molecule has 40 heavy (non-hydrogen) atoms. The summed E-state index contributed by atoms with van der Waals surface area (Å²) in [6.45, 7) is 6.79. The van der Waals surface area contributed by atoms with Crippen molar-refractivity contribution in [3.8, 4) is 11.5 Å². The van der Waals surface area contributed by atoms with Crippen LogP contribution in [0, 0.1) is 0 Å². The van der Waals surface area contributed by atoms with Gasteiger partial charge in [-0.05, 0) is 58.6 Å². The second kappa shape index (κ2) is 11.7. The minimum Gasteiger partial charge on any atom is -0.492 e. The van der Waals surface area contributed by atoms with E-state index in [4.69, 9.17) is 14.5 Å². The molecule has 3 heterocycles. The molecule has 2 fully saturated rings. The van der Waals surface area contributed by atoms with Gasteiger partial charge >= 0.3 is 0 Å². The number of hydrogen-bond donors (Lipinski definition) is 1. The van der Waals surface area contributed by atoms with Gasteiger partial charge in [0.15, 0.2) is 0 Å². The average Bonchev–Trinajstić information content (AvgIpc) is 3.38. The van der Waals surface area contributed by atoms with E-state index in [1.807, 2.05) is 31.2 Å². The van der Waals surface area contributed by atoms with Gasteiger partial charge in [-0.15, -0.1) is 0 Å². The van der Waals surface area contributed by atoms with Gasteiger partial charge in [0, 0.05) is 43.7 Å². The molecule has 0 spiro atoms. The van der Waals surface area contributed by atoms with Gasteiger partial charge in [0.05, 0.1) is 24.2 Å². The Labute approximate surface area is 236 Å². The molecule has 0 unspecified atom stereocenters. The number of aromatic nitrogens is 2. The summed E-state index contributed by atoms with van der Waals surface area (Å²) in [7, 11) is -7.93. The van der Waals surface area contributed by atoms with E-state index in [9.17, 15) is 16.8 Å². The van der Waals surface area contributed by atoms with Crippen LogP contribution in [0.25, 0.3) is 11.0 Å². The molecular formula is C28H38N4O6S2. The number of ether oxygens (including phenoxy) is 2. The van der Waals surface area contributed by atoms with Gasteiger partial charge in [-0.3, -0.25) is 0 Å². The molecule has 0 saturated carbocycles. The van der Waals surface area contributed by atoms with Crippen LogP contribution in [0.5, 0.6) is 11.5 Å². The highest BCUT2D eigenvalue weighted by Gasteiger charge is 2.38. The summed E-state index contributed by atoms with van der Waals surface area (Å²) in [6.07, 6.45) is 3.75. The predicted molar refractivity (Wildman–Crippen MR) is 153 cm³/mol. The number of nitrogens with zero attached hydrogens (tertiary/aromatic N) is 3. The first-order valence-electron chi connectivity index (χ1n) is 14.1. The van der Waals surface area contributed by atoms with Crippen LogP contribution in [0.2, 0.25) is 0 Å². The normalized spacial score (nSPS) is 20.1. The maximum Gasteiger partial charge on any atom is 0.247 e. The van der Waals surface area contributed by atoms with Crippen molar-refractivity contribution < 1.29 is 26.3 Å². The zero-order valence-corrected chi connectivity index (χ0v) is 24.9. The Hall–Kier alpha value is -2.67. The molecule has 1 atom stereocenters. The van der Waals surface area contributed by atoms with E-state index in [1.54, 1.807) is 13.8 Å². The molecule has 2 saturated heterocycles. The van der Waals surface area contributed by atoms with Gasteiger partial charge in [-0.1, -0.05) is 18.6 Å². The Morgan fingerprint density at radius 3 is 2.10 bits per heavy atom. The summed E-state index contributed by atoms with van der Waals surface area (Å²) in [6, 6.07) is 10.3. The van der Waals surface area contributed by atoms with E-state index in [0.717, 1.165) is 36.1 Å². The molecule has 0 bridgehead atoms. The zero-order valence-electron chi connectivity index (χ0n) is 23.3. The minimum absolute atomic E-state index is 0.0219. The smallest absolute Gasteiger partial charge is 0.247 e. The monoisotopic (exact) mass is 590 g/mol. The van der Waals surface area contributed by atoms with Crippen LogP contribution in [0.4, 0.5) is 0 Å². The standard InChI is InChI=1S/C28H38N4O6S2/c1-4-37-24-19-27(40(35,36)32-15-9-8-10-20(32)3)25(38-5-2)18-26(24)39(33,34)31-16-13-21(14-17-31)28-29-22-11-6-7-12-23(22)30-28/h6-7,11-12,18-21H,4-5,8-10,13-17H2,1-3H3,(H,29,30)/t20-/m1/s1. The highest BCUT2D eigenvalue weighted by Crippen LogP contribution is 2.40. The van der Waals surface area contributed by atoms with E-state index < -0.39 is 20.0 Å². The molecule has 3 aromatic rings. The lowest BCUT2D eigenvalue weighted by Gasteiger charge is -2.33. The van der Waals surface area contributed by atoms with Gasteiger partial charge in [-0.25, -0.2) is 21.8 Å². The number of para-hydroxylation sites is 2. The molecule has 2 aromatic carbocycles. The summed E-state index contributed by atoms with van der Waals surface area (Å²) >= 11 is 0. The van der Waals surface area contributed by atoms with Crippen LogP contribution >= 0.6 is 0 Å². The molecule has 0 amide bonds. The number of hydrogen-bond acceptors (Lipinski definition) is 7. The van der Waals surface area contributed by atoms with Crippen LogP contribution in [0.15, 0.2) is 46.2 Å². The highest BCUT2D eigenvalue weighted by atomic mass is 32.2. The molecule has 218 valence electrons. The van der Waals surface area contributed by atoms with Crippen molar-refractivity contribution in [3.63, 3.8) is 0 Å². The van der Waals surface area contributed by atoms with Gasteiger partial charge in [0.1, 0.15) is 27.1 Å². The molecule has 10 nitrogen and oxygen atoms in total. The Morgan fingerprint density at radius 2 is 1.50 bits per heavy atom. The topological polar surface area (TPSA) is 122 Å². The van der Waals surface area contributed by atoms with Crippen LogP contribution in [0.1, 0.15) is 64.6 Å². The number of nitrogens with one attached hydrogen (secondary N) is 1.